The number of aryl methyl sites for hydroxylation is 1. The Morgan fingerprint density at radius 3 is 2.31 bits per heavy atom. The van der Waals surface area contributed by atoms with E-state index in [4.69, 9.17) is 23.7 Å². The zero-order valence-corrected chi connectivity index (χ0v) is 18.4. The lowest BCUT2D eigenvalue weighted by Crippen LogP contribution is -2.00. The second-order valence-electron chi connectivity index (χ2n) is 7.30. The highest BCUT2D eigenvalue weighted by Gasteiger charge is 2.28. The van der Waals surface area contributed by atoms with E-state index < -0.39 is 0 Å². The Morgan fingerprint density at radius 1 is 0.875 bits per heavy atom. The van der Waals surface area contributed by atoms with Gasteiger partial charge in [0.25, 0.3) is 0 Å². The maximum absolute atomic E-state index is 12.9. The van der Waals surface area contributed by atoms with Gasteiger partial charge in [-0.15, -0.1) is 0 Å². The van der Waals surface area contributed by atoms with Crippen molar-refractivity contribution in [3.63, 3.8) is 0 Å². The fourth-order valence-corrected chi connectivity index (χ4v) is 3.49. The average Bonchev–Trinajstić information content (AvgIpc) is 3.12. The van der Waals surface area contributed by atoms with Crippen molar-refractivity contribution in [2.75, 3.05) is 21.3 Å². The number of methoxy groups -OCH3 is 3. The molecule has 1 aliphatic heterocycles. The molecule has 6 heteroatoms. The standard InChI is InChI=1S/C26H24O6/c1-16-5-7-17(8-6-16)15-31-19-10-11-20-22(14-19)32-23(24(20)27)13-18-9-12-21(28-2)26(30-4)25(18)29-3/h5-14H,15H2,1-4H3. The summed E-state index contributed by atoms with van der Waals surface area (Å²) in [5.74, 6) is 2.50. The van der Waals surface area contributed by atoms with E-state index in [1.165, 1.54) is 19.8 Å². The highest BCUT2D eigenvalue weighted by molar-refractivity contribution is 6.14. The van der Waals surface area contributed by atoms with Crippen LogP contribution >= 0.6 is 0 Å². The third kappa shape index (κ3) is 4.12. The Kier molecular flexibility index (Phi) is 6.03. The van der Waals surface area contributed by atoms with Crippen LogP contribution in [0.5, 0.6) is 28.7 Å². The van der Waals surface area contributed by atoms with Crippen LogP contribution in [0.4, 0.5) is 0 Å². The van der Waals surface area contributed by atoms with Crippen LogP contribution in [0.1, 0.15) is 27.0 Å². The molecule has 0 fully saturated rings. The molecule has 0 aliphatic carbocycles. The quantitative estimate of drug-likeness (QED) is 0.477. The van der Waals surface area contributed by atoms with Crippen molar-refractivity contribution in [1.82, 2.24) is 0 Å². The molecule has 0 atom stereocenters. The van der Waals surface area contributed by atoms with E-state index in [1.54, 1.807) is 43.5 Å². The lowest BCUT2D eigenvalue weighted by molar-refractivity contribution is 0.101. The summed E-state index contributed by atoms with van der Waals surface area (Å²) >= 11 is 0. The predicted molar refractivity (Wildman–Crippen MR) is 121 cm³/mol. The molecule has 0 amide bonds. The van der Waals surface area contributed by atoms with Crippen molar-refractivity contribution >= 4 is 11.9 Å². The first-order valence-electron chi connectivity index (χ1n) is 10.1. The molecule has 1 heterocycles. The number of rotatable bonds is 7. The minimum atomic E-state index is -0.207. The number of ether oxygens (including phenoxy) is 5. The van der Waals surface area contributed by atoms with Crippen molar-refractivity contribution in [2.45, 2.75) is 13.5 Å². The van der Waals surface area contributed by atoms with Crippen LogP contribution in [0.25, 0.3) is 6.08 Å². The smallest absolute Gasteiger partial charge is 0.231 e. The van der Waals surface area contributed by atoms with E-state index in [0.717, 1.165) is 5.56 Å². The largest absolute Gasteiger partial charge is 0.493 e. The first-order valence-corrected chi connectivity index (χ1v) is 10.1. The van der Waals surface area contributed by atoms with E-state index >= 15 is 0 Å². The molecule has 0 aromatic heterocycles. The van der Waals surface area contributed by atoms with Crippen LogP contribution < -0.4 is 23.7 Å². The second kappa shape index (κ2) is 9.06. The number of Topliss-reactive ketones (excluding diaryl/α,β-unsaturated/α-hetero) is 1. The number of benzene rings is 3. The molecule has 164 valence electrons. The van der Waals surface area contributed by atoms with E-state index in [1.807, 2.05) is 31.2 Å². The number of ketones is 1. The van der Waals surface area contributed by atoms with E-state index in [2.05, 4.69) is 0 Å². The van der Waals surface area contributed by atoms with Crippen molar-refractivity contribution in [2.24, 2.45) is 0 Å². The molecule has 0 saturated carbocycles. The minimum absolute atomic E-state index is 0.196. The van der Waals surface area contributed by atoms with E-state index in [-0.39, 0.29) is 11.5 Å². The predicted octanol–water partition coefficient (Wildman–Crippen LogP) is 5.22. The molecule has 0 bridgehead atoms. The third-order valence-corrected chi connectivity index (χ3v) is 5.19. The number of carbonyl (C=O) groups excluding carboxylic acids is 1. The number of hydrogen-bond donors (Lipinski definition) is 0. The topological polar surface area (TPSA) is 63.2 Å². The number of hydrogen-bond acceptors (Lipinski definition) is 6. The first-order chi connectivity index (χ1) is 15.5. The molecule has 0 spiro atoms. The van der Waals surface area contributed by atoms with Crippen molar-refractivity contribution < 1.29 is 28.5 Å². The fourth-order valence-electron chi connectivity index (χ4n) is 3.49. The van der Waals surface area contributed by atoms with Gasteiger partial charge in [-0.05, 0) is 42.8 Å². The van der Waals surface area contributed by atoms with Crippen LogP contribution in [-0.2, 0) is 6.61 Å². The van der Waals surface area contributed by atoms with E-state index in [9.17, 15) is 4.79 Å². The Bertz CT molecular complexity index is 1180. The van der Waals surface area contributed by atoms with Gasteiger partial charge in [0, 0.05) is 11.6 Å². The summed E-state index contributed by atoms with van der Waals surface area (Å²) in [7, 11) is 4.61. The number of allylic oxidation sites excluding steroid dienone is 1. The van der Waals surface area contributed by atoms with Gasteiger partial charge in [-0.2, -0.15) is 0 Å². The van der Waals surface area contributed by atoms with Gasteiger partial charge in [0.15, 0.2) is 17.3 Å². The number of fused-ring (bicyclic) bond motifs is 1. The fraction of sp³-hybridized carbons (Fsp3) is 0.192. The summed E-state index contributed by atoms with van der Waals surface area (Å²) < 4.78 is 28.0. The highest BCUT2D eigenvalue weighted by atomic mass is 16.5. The maximum Gasteiger partial charge on any atom is 0.231 e. The summed E-state index contributed by atoms with van der Waals surface area (Å²) in [4.78, 5) is 12.9. The minimum Gasteiger partial charge on any atom is -0.493 e. The van der Waals surface area contributed by atoms with Gasteiger partial charge < -0.3 is 23.7 Å². The van der Waals surface area contributed by atoms with Gasteiger partial charge in [-0.3, -0.25) is 4.79 Å². The molecular formula is C26H24O6. The van der Waals surface area contributed by atoms with Crippen molar-refractivity contribution in [3.05, 3.63) is 82.6 Å². The molecule has 1 aliphatic rings. The molecule has 0 unspecified atom stereocenters. The zero-order valence-electron chi connectivity index (χ0n) is 18.4. The lowest BCUT2D eigenvalue weighted by Gasteiger charge is -2.14. The molecule has 0 radical (unpaired) electrons. The normalized spacial score (nSPS) is 13.5. The monoisotopic (exact) mass is 432 g/mol. The van der Waals surface area contributed by atoms with Crippen LogP contribution in [0.3, 0.4) is 0 Å². The Morgan fingerprint density at radius 2 is 1.62 bits per heavy atom. The molecule has 32 heavy (non-hydrogen) atoms. The van der Waals surface area contributed by atoms with Crippen LogP contribution in [0.2, 0.25) is 0 Å². The van der Waals surface area contributed by atoms with Crippen molar-refractivity contribution in [1.29, 1.82) is 0 Å². The lowest BCUT2D eigenvalue weighted by atomic mass is 10.1. The van der Waals surface area contributed by atoms with Gasteiger partial charge in [0.1, 0.15) is 18.1 Å². The zero-order chi connectivity index (χ0) is 22.7. The Labute approximate surface area is 186 Å². The summed E-state index contributed by atoms with van der Waals surface area (Å²) in [5.41, 5.74) is 3.38. The first kappa shape index (κ1) is 21.3. The molecule has 3 aromatic carbocycles. The summed E-state index contributed by atoms with van der Waals surface area (Å²) in [6, 6.07) is 16.9. The third-order valence-electron chi connectivity index (χ3n) is 5.19. The molecule has 6 nitrogen and oxygen atoms in total. The summed E-state index contributed by atoms with van der Waals surface area (Å²) in [5, 5.41) is 0. The van der Waals surface area contributed by atoms with E-state index in [0.29, 0.717) is 46.5 Å². The SMILES string of the molecule is COc1ccc(C=C2Oc3cc(OCc4ccc(C)cc4)ccc3C2=O)c(OC)c1OC. The molecule has 0 N–H and O–H groups in total. The summed E-state index contributed by atoms with van der Waals surface area (Å²) in [6.45, 7) is 2.47. The van der Waals surface area contributed by atoms with Gasteiger partial charge in [0.2, 0.25) is 11.5 Å². The molecule has 0 saturated heterocycles. The maximum atomic E-state index is 12.9. The molecule has 3 aromatic rings. The molecular weight excluding hydrogens is 408 g/mol. The van der Waals surface area contributed by atoms with Crippen LogP contribution in [0, 0.1) is 6.92 Å². The van der Waals surface area contributed by atoms with Crippen LogP contribution in [0.15, 0.2) is 60.4 Å². The van der Waals surface area contributed by atoms with Crippen molar-refractivity contribution in [3.8, 4) is 28.7 Å². The highest BCUT2D eigenvalue weighted by Crippen LogP contribution is 2.42. The van der Waals surface area contributed by atoms with Gasteiger partial charge in [-0.1, -0.05) is 29.8 Å². The van der Waals surface area contributed by atoms with Gasteiger partial charge in [-0.25, -0.2) is 0 Å². The summed E-state index contributed by atoms with van der Waals surface area (Å²) in [6.07, 6.45) is 1.63. The number of carbonyl (C=O) groups is 1. The van der Waals surface area contributed by atoms with Gasteiger partial charge >= 0.3 is 0 Å². The Balaban J connectivity index is 1.57. The molecule has 4 rings (SSSR count). The second-order valence-corrected chi connectivity index (χ2v) is 7.30. The Hall–Kier alpha value is -3.93. The average molecular weight is 432 g/mol. The van der Waals surface area contributed by atoms with Gasteiger partial charge in [0.05, 0.1) is 26.9 Å². The van der Waals surface area contributed by atoms with Crippen LogP contribution in [-0.4, -0.2) is 27.1 Å².